The van der Waals surface area contributed by atoms with Crippen LogP contribution in [0.4, 0.5) is 0 Å². The lowest BCUT2D eigenvalue weighted by Gasteiger charge is -2.20. The predicted octanol–water partition coefficient (Wildman–Crippen LogP) is 0.793. The van der Waals surface area contributed by atoms with E-state index in [1.165, 1.54) is 0 Å². The number of carbonyl (C=O) groups is 2. The van der Waals surface area contributed by atoms with Crippen LogP contribution < -0.4 is 0 Å². The molecular weight excluding hydrogens is 233 g/mol. The Morgan fingerprint density at radius 3 is 3.00 bits per heavy atom. The second-order valence-corrected chi connectivity index (χ2v) is 6.31. The number of rotatable bonds is 3. The van der Waals surface area contributed by atoms with E-state index in [0.717, 1.165) is 6.29 Å². The van der Waals surface area contributed by atoms with Crippen LogP contribution in [0.15, 0.2) is 0 Å². The first kappa shape index (κ1) is 11.5. The number of aldehydes is 1. The van der Waals surface area contributed by atoms with Crippen LogP contribution in [-0.2, 0) is 18.8 Å². The molecule has 1 aliphatic heterocycles. The molecule has 2 aliphatic rings. The zero-order valence-corrected chi connectivity index (χ0v) is 10.1. The third-order valence-corrected chi connectivity index (χ3v) is 3.84. The maximum absolute atomic E-state index is 11.0. The van der Waals surface area contributed by atoms with E-state index in [9.17, 15) is 9.59 Å². The third kappa shape index (κ3) is 2.25. The largest absolute Gasteiger partial charge is 0.462 e. The Morgan fingerprint density at radius 2 is 2.40 bits per heavy atom. The zero-order chi connectivity index (χ0) is 11.0. The smallest absolute Gasteiger partial charge is 0.306 e. The SMILES string of the molecule is [B]P(P)O[C@@H]1CC2OC(=O)C[C@@H]2[C@H]1C=O. The van der Waals surface area contributed by atoms with Crippen molar-refractivity contribution >= 4 is 36.5 Å². The van der Waals surface area contributed by atoms with Gasteiger partial charge in [0, 0.05) is 18.3 Å². The van der Waals surface area contributed by atoms with E-state index < -0.39 is 7.72 Å². The summed E-state index contributed by atoms with van der Waals surface area (Å²) < 4.78 is 10.6. The van der Waals surface area contributed by atoms with E-state index in [2.05, 4.69) is 8.93 Å². The molecule has 0 aromatic rings. The van der Waals surface area contributed by atoms with Crippen LogP contribution in [0.3, 0.4) is 0 Å². The normalized spacial score (nSPS) is 41.0. The molecule has 0 aromatic carbocycles. The van der Waals surface area contributed by atoms with Gasteiger partial charge in [-0.3, -0.25) is 4.79 Å². The Bertz CT molecular complexity index is 286. The fourth-order valence-corrected chi connectivity index (χ4v) is 3.36. The highest BCUT2D eigenvalue weighted by molar-refractivity contribution is 8.23. The highest BCUT2D eigenvalue weighted by atomic mass is 32.0. The second kappa shape index (κ2) is 4.49. The minimum Gasteiger partial charge on any atom is -0.462 e. The lowest BCUT2D eigenvalue weighted by molar-refractivity contribution is -0.141. The molecule has 2 rings (SSSR count). The molecule has 1 heterocycles. The van der Waals surface area contributed by atoms with E-state index in [0.29, 0.717) is 12.8 Å². The summed E-state index contributed by atoms with van der Waals surface area (Å²) in [7, 11) is 6.88. The lowest BCUT2D eigenvalue weighted by atomic mass is 9.94. The van der Waals surface area contributed by atoms with Crippen LogP contribution in [0.25, 0.3) is 0 Å². The minimum absolute atomic E-state index is 0.0139. The van der Waals surface area contributed by atoms with Gasteiger partial charge < -0.3 is 14.1 Å². The third-order valence-electron chi connectivity index (χ3n) is 2.97. The summed E-state index contributed by atoms with van der Waals surface area (Å²) in [5.41, 5.74) is 0. The number of ether oxygens (including phenoxy) is 1. The van der Waals surface area contributed by atoms with Crippen LogP contribution in [-0.4, -0.2) is 32.0 Å². The van der Waals surface area contributed by atoms with Crippen molar-refractivity contribution in [2.45, 2.75) is 25.0 Å². The van der Waals surface area contributed by atoms with Crippen molar-refractivity contribution < 1.29 is 18.8 Å². The fourth-order valence-electron chi connectivity index (χ4n) is 2.36. The van der Waals surface area contributed by atoms with Gasteiger partial charge in [-0.05, 0) is 7.72 Å². The summed E-state index contributed by atoms with van der Waals surface area (Å²) in [4.78, 5) is 22.0. The van der Waals surface area contributed by atoms with Crippen molar-refractivity contribution in [3.8, 4) is 0 Å². The first-order valence-corrected chi connectivity index (χ1v) is 7.67. The summed E-state index contributed by atoms with van der Waals surface area (Å²) in [6, 6.07) is 0. The standard InChI is InChI=1S/C8H11BO4P2/c9-15(14)13-7-2-6-4(5(7)3-10)1-8(11)12-6/h3-7H,1-2,14H2/t4-,5-,6?,7-,15?/m1/s1. The van der Waals surface area contributed by atoms with Gasteiger partial charge in [0.2, 0.25) is 0 Å². The molecule has 7 heteroatoms. The van der Waals surface area contributed by atoms with Crippen molar-refractivity contribution in [2.75, 3.05) is 0 Å². The summed E-state index contributed by atoms with van der Waals surface area (Å²) in [6.45, 7) is 0. The average molecular weight is 244 g/mol. The van der Waals surface area contributed by atoms with Gasteiger partial charge >= 0.3 is 5.97 Å². The van der Waals surface area contributed by atoms with Gasteiger partial charge in [0.25, 0.3) is 0 Å². The molecule has 0 N–H and O–H groups in total. The Labute approximate surface area is 92.8 Å². The quantitative estimate of drug-likeness (QED) is 0.319. The number of carbonyl (C=O) groups excluding carboxylic acids is 2. The van der Waals surface area contributed by atoms with Crippen LogP contribution in [0, 0.1) is 11.8 Å². The highest BCUT2D eigenvalue weighted by Crippen LogP contribution is 2.49. The van der Waals surface area contributed by atoms with Crippen LogP contribution in [0.1, 0.15) is 12.8 Å². The van der Waals surface area contributed by atoms with Gasteiger partial charge in [-0.15, -0.1) is 0 Å². The summed E-state index contributed by atoms with van der Waals surface area (Å²) in [5, 5.41) is 0. The molecule has 1 saturated carbocycles. The highest BCUT2D eigenvalue weighted by Gasteiger charge is 2.50. The summed E-state index contributed by atoms with van der Waals surface area (Å²) >= 11 is 0. The molecule has 15 heavy (non-hydrogen) atoms. The molecule has 0 spiro atoms. The Hall–Kier alpha value is 0.0249. The van der Waals surface area contributed by atoms with Gasteiger partial charge in [-0.2, -0.15) is 0 Å². The first-order chi connectivity index (χ1) is 7.11. The topological polar surface area (TPSA) is 52.6 Å². The molecular formula is C8H11BO4P2. The van der Waals surface area contributed by atoms with Crippen molar-refractivity contribution in [1.29, 1.82) is 0 Å². The van der Waals surface area contributed by atoms with Crippen molar-refractivity contribution in [2.24, 2.45) is 11.8 Å². The zero-order valence-electron chi connectivity index (χ0n) is 8.04. The van der Waals surface area contributed by atoms with Crippen molar-refractivity contribution in [3.05, 3.63) is 0 Å². The fraction of sp³-hybridized carbons (Fsp3) is 0.750. The van der Waals surface area contributed by atoms with E-state index >= 15 is 0 Å². The molecule has 2 radical (unpaired) electrons. The molecule has 1 aliphatic carbocycles. The molecule has 2 fully saturated rings. The lowest BCUT2D eigenvalue weighted by Crippen LogP contribution is -2.22. The van der Waals surface area contributed by atoms with E-state index in [4.69, 9.17) is 16.8 Å². The van der Waals surface area contributed by atoms with Gasteiger partial charge in [0.1, 0.15) is 12.4 Å². The number of fused-ring (bicyclic) bond motifs is 1. The Morgan fingerprint density at radius 1 is 1.67 bits per heavy atom. The molecule has 0 amide bonds. The van der Waals surface area contributed by atoms with Crippen molar-refractivity contribution in [3.63, 3.8) is 0 Å². The van der Waals surface area contributed by atoms with Crippen LogP contribution in [0.2, 0.25) is 0 Å². The summed E-state index contributed by atoms with van der Waals surface area (Å²) in [6.07, 6.45) is 1.43. The Balaban J connectivity index is 2.06. The van der Waals surface area contributed by atoms with E-state index in [1.807, 2.05) is 0 Å². The van der Waals surface area contributed by atoms with E-state index in [1.54, 1.807) is 0 Å². The number of hydrogen-bond donors (Lipinski definition) is 0. The maximum Gasteiger partial charge on any atom is 0.306 e. The van der Waals surface area contributed by atoms with Crippen LogP contribution in [0.5, 0.6) is 0 Å². The monoisotopic (exact) mass is 244 g/mol. The molecule has 80 valence electrons. The second-order valence-electron chi connectivity index (χ2n) is 3.85. The van der Waals surface area contributed by atoms with Crippen LogP contribution >= 0.6 is 16.6 Å². The molecule has 6 atom stereocenters. The van der Waals surface area contributed by atoms with Gasteiger partial charge in [-0.25, -0.2) is 0 Å². The van der Waals surface area contributed by atoms with Gasteiger partial charge in [-0.1, -0.05) is 8.93 Å². The Kier molecular flexibility index (Phi) is 3.44. The van der Waals surface area contributed by atoms with Gasteiger partial charge in [0.15, 0.2) is 7.57 Å². The predicted molar refractivity (Wildman–Crippen MR) is 59.4 cm³/mol. The molecule has 0 aromatic heterocycles. The first-order valence-electron chi connectivity index (χ1n) is 4.73. The molecule has 4 nitrogen and oxygen atoms in total. The maximum atomic E-state index is 11.0. The van der Waals surface area contributed by atoms with Crippen molar-refractivity contribution in [1.82, 2.24) is 0 Å². The number of esters is 1. The molecule has 1 saturated heterocycles. The average Bonchev–Trinajstić information content (AvgIpc) is 2.59. The summed E-state index contributed by atoms with van der Waals surface area (Å²) in [5.74, 6) is -0.480. The minimum atomic E-state index is -1.06. The molecule has 0 bridgehead atoms. The molecule has 3 unspecified atom stereocenters. The number of hydrogen-bond acceptors (Lipinski definition) is 4. The van der Waals surface area contributed by atoms with E-state index in [-0.39, 0.29) is 30.0 Å². The van der Waals surface area contributed by atoms with Gasteiger partial charge in [0.05, 0.1) is 12.5 Å².